The van der Waals surface area contributed by atoms with E-state index in [1.54, 1.807) is 17.0 Å². The van der Waals surface area contributed by atoms with Crippen LogP contribution in [0, 0.1) is 0 Å². The summed E-state index contributed by atoms with van der Waals surface area (Å²) in [5.74, 6) is 0.239. The number of carbonyl (C=O) groups excluding carboxylic acids is 2. The Balaban J connectivity index is 1.67. The standard InChI is InChI=1S/C19H23N3O3/c1-20(2)16-7-3-6-15(14-16)18(23)21-9-5-10-22(12-11-21)19(24)17-8-4-13-25-17/h3-4,6-8,13-14H,5,9-12H2,1-2H3. The van der Waals surface area contributed by atoms with Crippen LogP contribution in [0.4, 0.5) is 5.69 Å². The molecule has 132 valence electrons. The molecule has 1 aliphatic rings. The van der Waals surface area contributed by atoms with Crippen LogP contribution in [0.5, 0.6) is 0 Å². The van der Waals surface area contributed by atoms with Gasteiger partial charge in [0.1, 0.15) is 0 Å². The predicted molar refractivity (Wildman–Crippen MR) is 95.9 cm³/mol. The molecule has 2 heterocycles. The van der Waals surface area contributed by atoms with Crippen molar-refractivity contribution in [3.05, 3.63) is 54.0 Å². The Morgan fingerprint density at radius 1 is 0.960 bits per heavy atom. The van der Waals surface area contributed by atoms with Gasteiger partial charge in [0.2, 0.25) is 0 Å². The number of amides is 2. The molecule has 0 bridgehead atoms. The molecule has 1 aromatic heterocycles. The summed E-state index contributed by atoms with van der Waals surface area (Å²) >= 11 is 0. The first-order valence-electron chi connectivity index (χ1n) is 8.45. The van der Waals surface area contributed by atoms with Crippen LogP contribution in [0.1, 0.15) is 27.3 Å². The fraction of sp³-hybridized carbons (Fsp3) is 0.368. The summed E-state index contributed by atoms with van der Waals surface area (Å²) in [5.41, 5.74) is 1.67. The topological polar surface area (TPSA) is 57.0 Å². The number of hydrogen-bond donors (Lipinski definition) is 0. The lowest BCUT2D eigenvalue weighted by atomic mass is 10.1. The Bertz CT molecular complexity index is 740. The molecule has 0 saturated carbocycles. The third-order valence-corrected chi connectivity index (χ3v) is 4.41. The maximum absolute atomic E-state index is 12.8. The molecule has 2 amide bonds. The molecule has 0 radical (unpaired) electrons. The molecule has 6 heteroatoms. The molecule has 2 aromatic rings. The number of benzene rings is 1. The number of rotatable bonds is 3. The van der Waals surface area contributed by atoms with Crippen LogP contribution in [0.2, 0.25) is 0 Å². The molecule has 6 nitrogen and oxygen atoms in total. The minimum atomic E-state index is -0.117. The van der Waals surface area contributed by atoms with E-state index in [0.29, 0.717) is 37.5 Å². The maximum Gasteiger partial charge on any atom is 0.289 e. The number of furan rings is 1. The van der Waals surface area contributed by atoms with Gasteiger partial charge < -0.3 is 19.1 Å². The van der Waals surface area contributed by atoms with Crippen molar-refractivity contribution in [2.24, 2.45) is 0 Å². The Hall–Kier alpha value is -2.76. The van der Waals surface area contributed by atoms with Crippen molar-refractivity contribution in [3.63, 3.8) is 0 Å². The van der Waals surface area contributed by atoms with E-state index in [-0.39, 0.29) is 11.8 Å². The van der Waals surface area contributed by atoms with Crippen LogP contribution < -0.4 is 4.90 Å². The van der Waals surface area contributed by atoms with Gasteiger partial charge in [0, 0.05) is 51.5 Å². The largest absolute Gasteiger partial charge is 0.459 e. The van der Waals surface area contributed by atoms with Crippen molar-refractivity contribution >= 4 is 17.5 Å². The highest BCUT2D eigenvalue weighted by Crippen LogP contribution is 2.17. The molecule has 1 saturated heterocycles. The van der Waals surface area contributed by atoms with Crippen molar-refractivity contribution in [3.8, 4) is 0 Å². The van der Waals surface area contributed by atoms with Gasteiger partial charge in [-0.25, -0.2) is 0 Å². The first kappa shape index (κ1) is 17.1. The van der Waals surface area contributed by atoms with Crippen LogP contribution in [0.25, 0.3) is 0 Å². The second-order valence-electron chi connectivity index (χ2n) is 6.36. The van der Waals surface area contributed by atoms with Gasteiger partial charge >= 0.3 is 0 Å². The van der Waals surface area contributed by atoms with Crippen LogP contribution >= 0.6 is 0 Å². The molecule has 0 spiro atoms. The Kier molecular flexibility index (Phi) is 5.07. The Morgan fingerprint density at radius 3 is 2.32 bits per heavy atom. The maximum atomic E-state index is 12.8. The van der Waals surface area contributed by atoms with Crippen LogP contribution in [0.3, 0.4) is 0 Å². The monoisotopic (exact) mass is 341 g/mol. The van der Waals surface area contributed by atoms with E-state index in [1.165, 1.54) is 6.26 Å². The van der Waals surface area contributed by atoms with E-state index in [1.807, 2.05) is 48.2 Å². The lowest BCUT2D eigenvalue weighted by Crippen LogP contribution is -2.37. The molecular weight excluding hydrogens is 318 g/mol. The molecule has 0 aliphatic carbocycles. The smallest absolute Gasteiger partial charge is 0.289 e. The first-order chi connectivity index (χ1) is 12.1. The molecule has 1 aromatic carbocycles. The highest BCUT2D eigenvalue weighted by atomic mass is 16.3. The van der Waals surface area contributed by atoms with Gasteiger partial charge in [-0.2, -0.15) is 0 Å². The highest BCUT2D eigenvalue weighted by Gasteiger charge is 2.24. The molecule has 1 fully saturated rings. The van der Waals surface area contributed by atoms with E-state index in [2.05, 4.69) is 0 Å². The van der Waals surface area contributed by atoms with Gasteiger partial charge in [-0.15, -0.1) is 0 Å². The van der Waals surface area contributed by atoms with E-state index in [0.717, 1.165) is 12.1 Å². The first-order valence-corrected chi connectivity index (χ1v) is 8.45. The van der Waals surface area contributed by atoms with E-state index < -0.39 is 0 Å². The lowest BCUT2D eigenvalue weighted by Gasteiger charge is -2.22. The Labute approximate surface area is 147 Å². The van der Waals surface area contributed by atoms with E-state index >= 15 is 0 Å². The zero-order chi connectivity index (χ0) is 17.8. The van der Waals surface area contributed by atoms with Gasteiger partial charge in [0.05, 0.1) is 6.26 Å². The average molecular weight is 341 g/mol. The molecule has 3 rings (SSSR count). The second-order valence-corrected chi connectivity index (χ2v) is 6.36. The zero-order valence-electron chi connectivity index (χ0n) is 14.6. The van der Waals surface area contributed by atoms with Crippen molar-refractivity contribution in [2.45, 2.75) is 6.42 Å². The van der Waals surface area contributed by atoms with E-state index in [4.69, 9.17) is 4.42 Å². The average Bonchev–Trinajstić information content (AvgIpc) is 3.05. The molecule has 0 atom stereocenters. The van der Waals surface area contributed by atoms with Gasteiger partial charge in [0.25, 0.3) is 11.8 Å². The van der Waals surface area contributed by atoms with Gasteiger partial charge in [0.15, 0.2) is 5.76 Å². The third-order valence-electron chi connectivity index (χ3n) is 4.41. The predicted octanol–water partition coefficient (Wildman–Crippen LogP) is 2.33. The van der Waals surface area contributed by atoms with Crippen LogP contribution in [-0.4, -0.2) is 61.9 Å². The minimum Gasteiger partial charge on any atom is -0.459 e. The second kappa shape index (κ2) is 7.42. The van der Waals surface area contributed by atoms with Crippen LogP contribution in [0.15, 0.2) is 47.1 Å². The Morgan fingerprint density at radius 2 is 1.68 bits per heavy atom. The van der Waals surface area contributed by atoms with Gasteiger partial charge in [-0.3, -0.25) is 9.59 Å². The SMILES string of the molecule is CN(C)c1cccc(C(=O)N2CCCN(C(=O)c3ccco3)CC2)c1. The molecule has 25 heavy (non-hydrogen) atoms. The normalized spacial score (nSPS) is 15.0. The molecule has 0 unspecified atom stereocenters. The summed E-state index contributed by atoms with van der Waals surface area (Å²) in [6, 6.07) is 11.0. The summed E-state index contributed by atoms with van der Waals surface area (Å²) in [4.78, 5) is 30.8. The summed E-state index contributed by atoms with van der Waals surface area (Å²) in [6.07, 6.45) is 2.25. The zero-order valence-corrected chi connectivity index (χ0v) is 14.6. The molecular formula is C19H23N3O3. The summed E-state index contributed by atoms with van der Waals surface area (Å²) < 4.78 is 5.19. The number of anilines is 1. The van der Waals surface area contributed by atoms with Crippen molar-refractivity contribution in [2.75, 3.05) is 45.2 Å². The fourth-order valence-electron chi connectivity index (χ4n) is 2.98. The van der Waals surface area contributed by atoms with Gasteiger partial charge in [-0.05, 0) is 36.8 Å². The highest BCUT2D eigenvalue weighted by molar-refractivity contribution is 5.95. The summed E-state index contributed by atoms with van der Waals surface area (Å²) in [6.45, 7) is 2.31. The molecule has 0 N–H and O–H groups in total. The summed E-state index contributed by atoms with van der Waals surface area (Å²) in [5, 5.41) is 0. The minimum absolute atomic E-state index is 0.0102. The van der Waals surface area contributed by atoms with Crippen molar-refractivity contribution < 1.29 is 14.0 Å². The van der Waals surface area contributed by atoms with Crippen molar-refractivity contribution in [1.82, 2.24) is 9.80 Å². The lowest BCUT2D eigenvalue weighted by molar-refractivity contribution is 0.0700. The third kappa shape index (κ3) is 3.84. The van der Waals surface area contributed by atoms with Crippen LogP contribution in [-0.2, 0) is 0 Å². The number of nitrogens with zero attached hydrogens (tertiary/aromatic N) is 3. The van der Waals surface area contributed by atoms with Gasteiger partial charge in [-0.1, -0.05) is 6.07 Å². The quantitative estimate of drug-likeness (QED) is 0.860. The van der Waals surface area contributed by atoms with E-state index in [9.17, 15) is 9.59 Å². The van der Waals surface area contributed by atoms with Crippen molar-refractivity contribution in [1.29, 1.82) is 0 Å². The number of hydrogen-bond acceptors (Lipinski definition) is 4. The summed E-state index contributed by atoms with van der Waals surface area (Å²) in [7, 11) is 3.90. The fourth-order valence-corrected chi connectivity index (χ4v) is 2.98. The number of carbonyl (C=O) groups is 2. The molecule has 1 aliphatic heterocycles.